The summed E-state index contributed by atoms with van der Waals surface area (Å²) in [5, 5.41) is 7.57. The molecule has 0 fully saturated rings. The number of benzene rings is 7. The maximum absolute atomic E-state index is 6.36. The molecule has 41 heavy (non-hydrogen) atoms. The highest BCUT2D eigenvalue weighted by Crippen LogP contribution is 2.38. The van der Waals surface area contributed by atoms with E-state index in [2.05, 4.69) is 158 Å². The molecule has 0 spiro atoms. The van der Waals surface area contributed by atoms with Gasteiger partial charge in [-0.25, -0.2) is 0 Å². The first-order valence-corrected chi connectivity index (χ1v) is 14.0. The predicted octanol–water partition coefficient (Wildman–Crippen LogP) is 11.4. The van der Waals surface area contributed by atoms with Gasteiger partial charge in [0.15, 0.2) is 0 Å². The zero-order valence-electron chi connectivity index (χ0n) is 22.4. The first-order valence-electron chi connectivity index (χ1n) is 14.0. The van der Waals surface area contributed by atoms with Gasteiger partial charge in [0.1, 0.15) is 11.5 Å². The Labute approximate surface area is 238 Å². The molecule has 1 nitrogen and oxygen atoms in total. The molecule has 0 radical (unpaired) electrons. The van der Waals surface area contributed by atoms with E-state index >= 15 is 0 Å². The second-order valence-electron chi connectivity index (χ2n) is 10.5. The Morgan fingerprint density at radius 1 is 0.317 bits per heavy atom. The van der Waals surface area contributed by atoms with Gasteiger partial charge in [-0.05, 0) is 72.8 Å². The van der Waals surface area contributed by atoms with Gasteiger partial charge in [0.05, 0.1) is 0 Å². The van der Waals surface area contributed by atoms with Crippen LogP contribution in [-0.4, -0.2) is 0 Å². The molecule has 0 aliphatic heterocycles. The quantitative estimate of drug-likeness (QED) is 0.210. The second-order valence-corrected chi connectivity index (χ2v) is 10.5. The summed E-state index contributed by atoms with van der Waals surface area (Å²) in [5.74, 6) is 1.74. The van der Waals surface area contributed by atoms with E-state index in [1.54, 1.807) is 0 Å². The zero-order valence-corrected chi connectivity index (χ0v) is 22.4. The van der Waals surface area contributed by atoms with Gasteiger partial charge in [0.2, 0.25) is 0 Å². The molecule has 1 heteroatoms. The summed E-state index contributed by atoms with van der Waals surface area (Å²) in [6.07, 6.45) is 0. The first kappa shape index (κ1) is 23.5. The molecule has 0 unspecified atom stereocenters. The predicted molar refractivity (Wildman–Crippen MR) is 173 cm³/mol. The third-order valence-electron chi connectivity index (χ3n) is 8.11. The summed E-state index contributed by atoms with van der Waals surface area (Å²) in [7, 11) is 0. The van der Waals surface area contributed by atoms with Crippen LogP contribution >= 0.6 is 0 Å². The molecule has 8 rings (SSSR count). The minimum Gasteiger partial charge on any atom is -0.456 e. The van der Waals surface area contributed by atoms with E-state index < -0.39 is 0 Å². The highest BCUT2D eigenvalue weighted by Gasteiger charge is 2.12. The average molecular weight is 523 g/mol. The fraction of sp³-hybridized carbons (Fsp3) is 0. The first-order chi connectivity index (χ1) is 20.3. The summed E-state index contributed by atoms with van der Waals surface area (Å²) >= 11 is 0. The molecular weight excluding hydrogens is 496 g/mol. The Bertz CT molecular complexity index is 2120. The number of hydrogen-bond acceptors (Lipinski definition) is 1. The van der Waals surface area contributed by atoms with E-state index in [4.69, 9.17) is 4.42 Å². The van der Waals surface area contributed by atoms with Crippen molar-refractivity contribution in [3.63, 3.8) is 0 Å². The van der Waals surface area contributed by atoms with Gasteiger partial charge in [0, 0.05) is 11.1 Å². The Balaban J connectivity index is 1.11. The van der Waals surface area contributed by atoms with Crippen LogP contribution in [0, 0.1) is 0 Å². The van der Waals surface area contributed by atoms with Gasteiger partial charge in [-0.2, -0.15) is 0 Å². The zero-order chi connectivity index (χ0) is 27.2. The third kappa shape index (κ3) is 4.11. The normalized spacial score (nSPS) is 11.4. The summed E-state index contributed by atoms with van der Waals surface area (Å²) < 4.78 is 6.36. The van der Waals surface area contributed by atoms with Crippen molar-refractivity contribution < 1.29 is 4.42 Å². The summed E-state index contributed by atoms with van der Waals surface area (Å²) in [4.78, 5) is 0. The van der Waals surface area contributed by atoms with Gasteiger partial charge in [-0.15, -0.1) is 0 Å². The van der Waals surface area contributed by atoms with Crippen LogP contribution < -0.4 is 0 Å². The molecule has 7 aromatic carbocycles. The fourth-order valence-electron chi connectivity index (χ4n) is 6.07. The standard InChI is InChI=1S/C40H26O/c1-4-12-34-27(8-1)11-7-15-35(34)28-16-18-29(19-17-28)38-24-25-39(41-38)30-20-22-31(23-21-30)40-36-13-5-2-9-32(36)26-33-10-3-6-14-37(33)40/h1-26H. The lowest BCUT2D eigenvalue weighted by Crippen LogP contribution is -1.86. The minimum atomic E-state index is 0.868. The van der Waals surface area contributed by atoms with Gasteiger partial charge in [0.25, 0.3) is 0 Å². The Hall–Kier alpha value is -5.40. The van der Waals surface area contributed by atoms with Crippen LogP contribution in [-0.2, 0) is 0 Å². The van der Waals surface area contributed by atoms with Crippen molar-refractivity contribution >= 4 is 32.3 Å². The lowest BCUT2D eigenvalue weighted by atomic mass is 9.91. The van der Waals surface area contributed by atoms with Crippen LogP contribution in [0.25, 0.3) is 77.2 Å². The number of furan rings is 1. The molecule has 0 bridgehead atoms. The van der Waals surface area contributed by atoms with Crippen molar-refractivity contribution in [2.24, 2.45) is 0 Å². The fourth-order valence-corrected chi connectivity index (χ4v) is 6.07. The van der Waals surface area contributed by atoms with E-state index in [0.717, 1.165) is 22.6 Å². The summed E-state index contributed by atoms with van der Waals surface area (Å²) in [6.45, 7) is 0. The van der Waals surface area contributed by atoms with E-state index in [-0.39, 0.29) is 0 Å². The van der Waals surface area contributed by atoms with Crippen LogP contribution in [0.15, 0.2) is 162 Å². The molecule has 0 saturated carbocycles. The van der Waals surface area contributed by atoms with Crippen LogP contribution in [0.3, 0.4) is 0 Å². The SMILES string of the molecule is c1ccc2c(-c3ccc(-c4ccc(-c5ccc(-c6c7ccccc7cc7ccccc67)cc5)o4)cc3)cccc2c1. The highest BCUT2D eigenvalue weighted by molar-refractivity contribution is 6.12. The van der Waals surface area contributed by atoms with Crippen molar-refractivity contribution in [1.29, 1.82) is 0 Å². The lowest BCUT2D eigenvalue weighted by molar-refractivity contribution is 0.597. The van der Waals surface area contributed by atoms with Crippen LogP contribution in [0.2, 0.25) is 0 Å². The molecule has 0 aliphatic carbocycles. The van der Waals surface area contributed by atoms with Crippen molar-refractivity contribution in [3.8, 4) is 44.9 Å². The van der Waals surface area contributed by atoms with E-state index in [1.807, 2.05) is 0 Å². The molecule has 192 valence electrons. The molecule has 8 aromatic rings. The molecule has 0 atom stereocenters. The number of hydrogen-bond donors (Lipinski definition) is 0. The van der Waals surface area contributed by atoms with Crippen molar-refractivity contribution in [1.82, 2.24) is 0 Å². The second kappa shape index (κ2) is 9.66. The van der Waals surface area contributed by atoms with Gasteiger partial charge in [-0.3, -0.25) is 0 Å². The number of fused-ring (bicyclic) bond motifs is 3. The summed E-state index contributed by atoms with van der Waals surface area (Å²) in [5.41, 5.74) is 7.06. The summed E-state index contributed by atoms with van der Waals surface area (Å²) in [6, 6.07) is 56.1. The Kier molecular flexibility index (Phi) is 5.53. The molecule has 0 saturated heterocycles. The third-order valence-corrected chi connectivity index (χ3v) is 8.11. The van der Waals surface area contributed by atoms with Gasteiger partial charge < -0.3 is 4.42 Å². The lowest BCUT2D eigenvalue weighted by Gasteiger charge is -2.12. The molecular formula is C40H26O. The minimum absolute atomic E-state index is 0.868. The maximum atomic E-state index is 6.36. The smallest absolute Gasteiger partial charge is 0.134 e. The maximum Gasteiger partial charge on any atom is 0.134 e. The number of rotatable bonds is 4. The van der Waals surface area contributed by atoms with Crippen LogP contribution in [0.4, 0.5) is 0 Å². The van der Waals surface area contributed by atoms with Crippen molar-refractivity contribution in [2.75, 3.05) is 0 Å². The van der Waals surface area contributed by atoms with E-state index in [9.17, 15) is 0 Å². The topological polar surface area (TPSA) is 13.1 Å². The van der Waals surface area contributed by atoms with Crippen LogP contribution in [0.1, 0.15) is 0 Å². The average Bonchev–Trinajstić information content (AvgIpc) is 3.54. The van der Waals surface area contributed by atoms with Crippen molar-refractivity contribution in [2.45, 2.75) is 0 Å². The molecule has 1 aromatic heterocycles. The monoisotopic (exact) mass is 522 g/mol. The molecule has 1 heterocycles. The van der Waals surface area contributed by atoms with E-state index in [0.29, 0.717) is 0 Å². The highest BCUT2D eigenvalue weighted by atomic mass is 16.3. The Morgan fingerprint density at radius 2 is 0.780 bits per heavy atom. The van der Waals surface area contributed by atoms with Crippen LogP contribution in [0.5, 0.6) is 0 Å². The molecule has 0 amide bonds. The molecule has 0 aliphatic rings. The molecule has 0 N–H and O–H groups in total. The van der Waals surface area contributed by atoms with E-state index in [1.165, 1.54) is 54.6 Å². The Morgan fingerprint density at radius 3 is 1.39 bits per heavy atom. The largest absolute Gasteiger partial charge is 0.456 e. The van der Waals surface area contributed by atoms with Crippen molar-refractivity contribution in [3.05, 3.63) is 158 Å². The van der Waals surface area contributed by atoms with Gasteiger partial charge >= 0.3 is 0 Å². The van der Waals surface area contributed by atoms with Gasteiger partial charge in [-0.1, -0.05) is 140 Å².